The van der Waals surface area contributed by atoms with E-state index in [9.17, 15) is 0 Å². The molecule has 0 aliphatic carbocycles. The van der Waals surface area contributed by atoms with Crippen molar-refractivity contribution in [2.24, 2.45) is 5.73 Å². The summed E-state index contributed by atoms with van der Waals surface area (Å²) < 4.78 is 5.34. The molecule has 1 unspecified atom stereocenters. The first kappa shape index (κ1) is 15.9. The zero-order valence-corrected chi connectivity index (χ0v) is 13.4. The van der Waals surface area contributed by atoms with E-state index in [1.165, 1.54) is 0 Å². The minimum absolute atomic E-state index is 0.262. The highest BCUT2D eigenvalue weighted by Crippen LogP contribution is 2.27. The molecule has 0 aliphatic rings. The van der Waals surface area contributed by atoms with Gasteiger partial charge < -0.3 is 15.2 Å². The normalized spacial score (nSPS) is 12.9. The Balaban J connectivity index is 2.19. The van der Waals surface area contributed by atoms with Gasteiger partial charge in [0.15, 0.2) is 5.82 Å². The van der Waals surface area contributed by atoms with E-state index in [4.69, 9.17) is 21.9 Å². The topological polar surface area (TPSA) is 68.2 Å². The number of hydrogen-bond acceptors (Lipinski definition) is 5. The molecule has 6 heteroatoms. The number of rotatable bonds is 6. The molecule has 0 bridgehead atoms. The fourth-order valence-electron chi connectivity index (χ4n) is 2.18. The van der Waals surface area contributed by atoms with Crippen LogP contribution in [0.2, 0.25) is 5.02 Å². The van der Waals surface area contributed by atoms with Crippen molar-refractivity contribution in [3.8, 4) is 11.5 Å². The van der Waals surface area contributed by atoms with E-state index in [2.05, 4.69) is 28.9 Å². The third-order valence-corrected chi connectivity index (χ3v) is 4.03. The predicted molar refractivity (Wildman–Crippen MR) is 84.2 cm³/mol. The van der Waals surface area contributed by atoms with E-state index in [-0.39, 0.29) is 6.04 Å². The lowest BCUT2D eigenvalue weighted by molar-refractivity contribution is 0.278. The van der Waals surface area contributed by atoms with E-state index in [1.807, 2.05) is 25.1 Å². The summed E-state index contributed by atoms with van der Waals surface area (Å²) in [7, 11) is 0. The van der Waals surface area contributed by atoms with Gasteiger partial charge in [0.05, 0.1) is 6.04 Å². The summed E-state index contributed by atoms with van der Waals surface area (Å²) in [6, 6.07) is 5.35. The van der Waals surface area contributed by atoms with Gasteiger partial charge in [-0.3, -0.25) is 0 Å². The standard InChI is InChI=1S/C15H21ClN4O/c1-4-20(5-2)9-13(17)14-18-15(21-19-14)11-7-6-8-12(16)10(11)3/h6-8,13H,4-5,9,17H2,1-3H3. The number of nitrogens with zero attached hydrogens (tertiary/aromatic N) is 3. The van der Waals surface area contributed by atoms with Gasteiger partial charge in [-0.15, -0.1) is 0 Å². The Hall–Kier alpha value is -1.43. The number of halogens is 1. The summed E-state index contributed by atoms with van der Waals surface area (Å²) in [5.74, 6) is 0.983. The number of likely N-dealkylation sites (N-methyl/N-ethyl adjacent to an activating group) is 1. The minimum atomic E-state index is -0.262. The van der Waals surface area contributed by atoms with Gasteiger partial charge in [0.2, 0.25) is 0 Å². The highest BCUT2D eigenvalue weighted by atomic mass is 35.5. The average Bonchev–Trinajstić information content (AvgIpc) is 2.97. The largest absolute Gasteiger partial charge is 0.334 e. The Kier molecular flexibility index (Phi) is 5.33. The summed E-state index contributed by atoms with van der Waals surface area (Å²) in [6.07, 6.45) is 0. The molecular weight excluding hydrogens is 288 g/mol. The molecule has 0 spiro atoms. The van der Waals surface area contributed by atoms with Gasteiger partial charge in [0, 0.05) is 17.1 Å². The van der Waals surface area contributed by atoms with E-state index in [1.54, 1.807) is 0 Å². The molecule has 2 rings (SSSR count). The molecule has 2 N–H and O–H groups in total. The molecular formula is C15H21ClN4O. The van der Waals surface area contributed by atoms with Crippen molar-refractivity contribution >= 4 is 11.6 Å². The van der Waals surface area contributed by atoms with Crippen molar-refractivity contribution in [1.82, 2.24) is 15.0 Å². The van der Waals surface area contributed by atoms with Crippen LogP contribution in [0.15, 0.2) is 22.7 Å². The number of hydrogen-bond donors (Lipinski definition) is 1. The third-order valence-electron chi connectivity index (χ3n) is 3.62. The van der Waals surface area contributed by atoms with E-state index in [0.29, 0.717) is 23.3 Å². The van der Waals surface area contributed by atoms with Crippen LogP contribution in [-0.4, -0.2) is 34.7 Å². The van der Waals surface area contributed by atoms with Crippen LogP contribution in [0.3, 0.4) is 0 Å². The molecule has 114 valence electrons. The fraction of sp³-hybridized carbons (Fsp3) is 0.467. The third kappa shape index (κ3) is 3.61. The number of nitrogens with two attached hydrogens (primary N) is 1. The van der Waals surface area contributed by atoms with Gasteiger partial charge in [-0.05, 0) is 37.7 Å². The summed E-state index contributed by atoms with van der Waals surface area (Å²) >= 11 is 6.12. The predicted octanol–water partition coefficient (Wildman–Crippen LogP) is 3.04. The van der Waals surface area contributed by atoms with Crippen LogP contribution in [0.5, 0.6) is 0 Å². The average molecular weight is 309 g/mol. The zero-order chi connectivity index (χ0) is 15.4. The van der Waals surface area contributed by atoms with Crippen LogP contribution >= 0.6 is 11.6 Å². The Morgan fingerprint density at radius 1 is 1.33 bits per heavy atom. The van der Waals surface area contributed by atoms with Crippen molar-refractivity contribution in [1.29, 1.82) is 0 Å². The first-order valence-electron chi connectivity index (χ1n) is 7.13. The summed E-state index contributed by atoms with van der Waals surface area (Å²) in [4.78, 5) is 6.64. The molecule has 0 fully saturated rings. The maximum atomic E-state index is 6.15. The smallest absolute Gasteiger partial charge is 0.258 e. The van der Waals surface area contributed by atoms with E-state index >= 15 is 0 Å². The Bertz CT molecular complexity index is 595. The molecule has 1 aromatic heterocycles. The monoisotopic (exact) mass is 308 g/mol. The molecule has 5 nitrogen and oxygen atoms in total. The number of benzene rings is 1. The second kappa shape index (κ2) is 7.02. The molecule has 0 saturated heterocycles. The Labute approximate surface area is 130 Å². The van der Waals surface area contributed by atoms with Crippen molar-refractivity contribution < 1.29 is 4.52 Å². The van der Waals surface area contributed by atoms with Gasteiger partial charge in [0.25, 0.3) is 5.89 Å². The molecule has 0 amide bonds. The second-order valence-electron chi connectivity index (χ2n) is 4.96. The molecule has 0 saturated carbocycles. The highest BCUT2D eigenvalue weighted by molar-refractivity contribution is 6.31. The Morgan fingerprint density at radius 3 is 2.71 bits per heavy atom. The van der Waals surface area contributed by atoms with Crippen LogP contribution in [0, 0.1) is 6.92 Å². The highest BCUT2D eigenvalue weighted by Gasteiger charge is 2.18. The number of aromatic nitrogens is 2. The maximum Gasteiger partial charge on any atom is 0.258 e. The first-order chi connectivity index (χ1) is 10.1. The van der Waals surface area contributed by atoms with Gasteiger partial charge in [-0.25, -0.2) is 0 Å². The molecule has 1 atom stereocenters. The zero-order valence-electron chi connectivity index (χ0n) is 12.6. The summed E-state index contributed by atoms with van der Waals surface area (Å²) in [5, 5.41) is 4.68. The Morgan fingerprint density at radius 2 is 2.05 bits per heavy atom. The lowest BCUT2D eigenvalue weighted by Crippen LogP contribution is -2.32. The fourth-order valence-corrected chi connectivity index (χ4v) is 2.35. The molecule has 2 aromatic rings. The van der Waals surface area contributed by atoms with Crippen LogP contribution in [0.4, 0.5) is 0 Å². The van der Waals surface area contributed by atoms with Crippen LogP contribution in [0.1, 0.15) is 31.3 Å². The molecule has 1 heterocycles. The van der Waals surface area contributed by atoms with Crippen molar-refractivity contribution in [2.45, 2.75) is 26.8 Å². The summed E-state index contributed by atoms with van der Waals surface area (Å²) in [6.45, 7) is 8.74. The molecule has 0 aliphatic heterocycles. The van der Waals surface area contributed by atoms with Gasteiger partial charge in [-0.1, -0.05) is 36.7 Å². The lowest BCUT2D eigenvalue weighted by Gasteiger charge is -2.20. The van der Waals surface area contributed by atoms with Gasteiger partial charge >= 0.3 is 0 Å². The molecule has 0 radical (unpaired) electrons. The van der Waals surface area contributed by atoms with Crippen LogP contribution < -0.4 is 5.73 Å². The quantitative estimate of drug-likeness (QED) is 0.888. The molecule has 21 heavy (non-hydrogen) atoms. The second-order valence-corrected chi connectivity index (χ2v) is 5.37. The minimum Gasteiger partial charge on any atom is -0.334 e. The van der Waals surface area contributed by atoms with E-state index < -0.39 is 0 Å². The SMILES string of the molecule is CCN(CC)CC(N)c1noc(-c2cccc(Cl)c2C)n1. The maximum absolute atomic E-state index is 6.15. The van der Waals surface area contributed by atoms with Crippen molar-refractivity contribution in [3.05, 3.63) is 34.6 Å². The summed E-state index contributed by atoms with van der Waals surface area (Å²) in [5.41, 5.74) is 7.92. The van der Waals surface area contributed by atoms with Crippen molar-refractivity contribution in [3.63, 3.8) is 0 Å². The van der Waals surface area contributed by atoms with E-state index in [0.717, 1.165) is 24.2 Å². The van der Waals surface area contributed by atoms with Gasteiger partial charge in [0.1, 0.15) is 0 Å². The lowest BCUT2D eigenvalue weighted by atomic mass is 10.1. The van der Waals surface area contributed by atoms with Crippen LogP contribution in [-0.2, 0) is 0 Å². The van der Waals surface area contributed by atoms with Crippen LogP contribution in [0.25, 0.3) is 11.5 Å². The first-order valence-corrected chi connectivity index (χ1v) is 7.51. The van der Waals surface area contributed by atoms with Crippen molar-refractivity contribution in [2.75, 3.05) is 19.6 Å². The van der Waals surface area contributed by atoms with Gasteiger partial charge in [-0.2, -0.15) is 4.98 Å². The molecule has 1 aromatic carbocycles.